The third kappa shape index (κ3) is 4.16. The lowest BCUT2D eigenvalue weighted by Gasteiger charge is -2.27. The minimum atomic E-state index is -3.32. The van der Waals surface area contributed by atoms with Gasteiger partial charge in [0.1, 0.15) is 11.5 Å². The zero-order valence-corrected chi connectivity index (χ0v) is 20.9. The lowest BCUT2D eigenvalue weighted by atomic mass is 9.85. The maximum atomic E-state index is 12.1. The smallest absolute Gasteiger partial charge is 0.178 e. The van der Waals surface area contributed by atoms with Crippen molar-refractivity contribution in [3.63, 3.8) is 0 Å². The van der Waals surface area contributed by atoms with E-state index < -0.39 is 21.1 Å². The van der Waals surface area contributed by atoms with Gasteiger partial charge in [-0.1, -0.05) is 55.8 Å². The molecule has 4 rings (SSSR count). The van der Waals surface area contributed by atoms with E-state index in [1.807, 2.05) is 19.1 Å². The van der Waals surface area contributed by atoms with Gasteiger partial charge in [-0.25, -0.2) is 13.4 Å². The highest BCUT2D eigenvalue weighted by Crippen LogP contribution is 2.47. The maximum absolute atomic E-state index is 12.1. The fraction of sp³-hybridized carbons (Fsp3) is 0.280. The molecule has 1 heterocycles. The molecule has 9 heteroatoms. The van der Waals surface area contributed by atoms with Gasteiger partial charge in [0.05, 0.1) is 45.2 Å². The van der Waals surface area contributed by atoms with Crippen LogP contribution in [0.25, 0.3) is 10.6 Å². The Kier molecular flexibility index (Phi) is 6.88. The number of aromatic nitrogens is 2. The molecular formula is C25H23Cl2N3O3S. The highest BCUT2D eigenvalue weighted by Gasteiger charge is 2.36. The van der Waals surface area contributed by atoms with Crippen LogP contribution < -0.4 is 0 Å². The van der Waals surface area contributed by atoms with Crippen molar-refractivity contribution in [3.05, 3.63) is 82.4 Å². The fourth-order valence-corrected chi connectivity index (χ4v) is 5.87. The Morgan fingerprint density at radius 2 is 1.88 bits per heavy atom. The van der Waals surface area contributed by atoms with E-state index in [0.29, 0.717) is 38.8 Å². The second-order valence-corrected chi connectivity index (χ2v) is 11.3. The van der Waals surface area contributed by atoms with Crippen molar-refractivity contribution < 1.29 is 13.5 Å². The molecule has 0 spiro atoms. The number of allylic oxidation sites excluding steroid dienone is 1. The van der Waals surface area contributed by atoms with E-state index >= 15 is 0 Å². The molecule has 0 fully saturated rings. The van der Waals surface area contributed by atoms with Crippen molar-refractivity contribution in [1.82, 2.24) is 9.97 Å². The first-order chi connectivity index (χ1) is 16.2. The molecule has 1 aliphatic rings. The highest BCUT2D eigenvalue weighted by molar-refractivity contribution is 7.91. The summed E-state index contributed by atoms with van der Waals surface area (Å²) in [6.45, 7) is 3.31. The van der Waals surface area contributed by atoms with Gasteiger partial charge in [-0.15, -0.1) is 11.6 Å². The van der Waals surface area contributed by atoms with Gasteiger partial charge in [0.15, 0.2) is 9.84 Å². The van der Waals surface area contributed by atoms with Gasteiger partial charge in [-0.3, -0.25) is 0 Å². The summed E-state index contributed by atoms with van der Waals surface area (Å²) >= 11 is 13.6. The predicted octanol–water partition coefficient (Wildman–Crippen LogP) is 5.03. The molecule has 2 N–H and O–H groups in total. The molecule has 0 amide bonds. The summed E-state index contributed by atoms with van der Waals surface area (Å²) in [7, 11) is -3.32. The standard InChI is InChI=1S/C25H23Cl2N3O3S/c1-3-34(32,33)17-10-8-15(9-11-17)19(13-31)25-29-23-14(2)21(26)20(22(27)24(23)30-25)18-7-5-4-6-16(18)12-28/h4-11,14,19,21,31H,3,13H2,1-2H3,(H,29,30). The Hall–Kier alpha value is -2.63. The lowest BCUT2D eigenvalue weighted by Crippen LogP contribution is -2.19. The van der Waals surface area contributed by atoms with E-state index in [-0.39, 0.29) is 23.2 Å². The van der Waals surface area contributed by atoms with Crippen LogP contribution in [-0.2, 0) is 9.84 Å². The first kappa shape index (κ1) is 24.5. The second-order valence-electron chi connectivity index (χ2n) is 8.17. The Morgan fingerprint density at radius 1 is 1.21 bits per heavy atom. The topological polar surface area (TPSA) is 107 Å². The number of hydrogen-bond donors (Lipinski definition) is 2. The van der Waals surface area contributed by atoms with Crippen LogP contribution >= 0.6 is 23.2 Å². The molecule has 1 aliphatic carbocycles. The van der Waals surface area contributed by atoms with Crippen LogP contribution in [0.4, 0.5) is 0 Å². The number of nitrogens with zero attached hydrogens (tertiary/aromatic N) is 2. The molecule has 3 unspecified atom stereocenters. The van der Waals surface area contributed by atoms with Crippen molar-refractivity contribution in [2.45, 2.75) is 36.0 Å². The zero-order valence-electron chi connectivity index (χ0n) is 18.6. The van der Waals surface area contributed by atoms with Crippen molar-refractivity contribution in [1.29, 1.82) is 5.26 Å². The van der Waals surface area contributed by atoms with Gasteiger partial charge in [-0.2, -0.15) is 5.26 Å². The van der Waals surface area contributed by atoms with Gasteiger partial charge in [-0.05, 0) is 29.3 Å². The maximum Gasteiger partial charge on any atom is 0.178 e. The third-order valence-electron chi connectivity index (χ3n) is 6.24. The molecule has 176 valence electrons. The molecule has 0 bridgehead atoms. The van der Waals surface area contributed by atoms with Crippen LogP contribution in [0, 0.1) is 11.3 Å². The van der Waals surface area contributed by atoms with E-state index in [9.17, 15) is 18.8 Å². The summed E-state index contributed by atoms with van der Waals surface area (Å²) in [4.78, 5) is 8.25. The summed E-state index contributed by atoms with van der Waals surface area (Å²) in [6, 6.07) is 15.8. The molecule has 0 aliphatic heterocycles. The summed E-state index contributed by atoms with van der Waals surface area (Å²) in [5, 5.41) is 19.6. The number of fused-ring (bicyclic) bond motifs is 1. The van der Waals surface area contributed by atoms with Gasteiger partial charge in [0.25, 0.3) is 0 Å². The average Bonchev–Trinajstić information content (AvgIpc) is 3.29. The number of halogens is 2. The number of H-pyrrole nitrogens is 1. The van der Waals surface area contributed by atoms with Gasteiger partial charge in [0, 0.05) is 17.2 Å². The number of alkyl halides is 1. The number of sulfone groups is 1. The van der Waals surface area contributed by atoms with E-state index in [1.165, 1.54) is 0 Å². The van der Waals surface area contributed by atoms with Gasteiger partial charge in [0.2, 0.25) is 0 Å². The Morgan fingerprint density at radius 3 is 2.50 bits per heavy atom. The van der Waals surface area contributed by atoms with Crippen LogP contribution in [0.5, 0.6) is 0 Å². The molecule has 34 heavy (non-hydrogen) atoms. The van der Waals surface area contributed by atoms with E-state index in [1.54, 1.807) is 43.3 Å². The molecule has 3 aromatic rings. The van der Waals surface area contributed by atoms with Crippen LogP contribution in [0.1, 0.15) is 59.6 Å². The first-order valence-corrected chi connectivity index (χ1v) is 13.3. The number of nitriles is 1. The monoisotopic (exact) mass is 515 g/mol. The normalized spacial score (nSPS) is 18.9. The molecule has 3 atom stereocenters. The summed E-state index contributed by atoms with van der Waals surface area (Å²) in [5.74, 6) is -0.176. The highest BCUT2D eigenvalue weighted by atomic mass is 35.5. The SMILES string of the molecule is CCS(=O)(=O)c1ccc(C(CO)c2nc3c([nH]2)C(C)C(Cl)C(c2ccccc2C#N)=C3Cl)cc1. The summed E-state index contributed by atoms with van der Waals surface area (Å²) < 4.78 is 24.3. The number of aromatic amines is 1. The van der Waals surface area contributed by atoms with Gasteiger partial charge < -0.3 is 10.1 Å². The Labute approximate surface area is 208 Å². The zero-order chi connectivity index (χ0) is 24.6. The van der Waals surface area contributed by atoms with Gasteiger partial charge >= 0.3 is 0 Å². The number of aliphatic hydroxyl groups is 1. The minimum Gasteiger partial charge on any atom is -0.395 e. The molecular weight excluding hydrogens is 493 g/mol. The summed E-state index contributed by atoms with van der Waals surface area (Å²) in [5.41, 5.74) is 3.79. The summed E-state index contributed by atoms with van der Waals surface area (Å²) in [6.07, 6.45) is 0. The van der Waals surface area contributed by atoms with Crippen LogP contribution in [0.15, 0.2) is 53.4 Å². The molecule has 0 saturated heterocycles. The molecule has 0 saturated carbocycles. The number of nitrogens with one attached hydrogen (secondary N) is 1. The van der Waals surface area contributed by atoms with Crippen molar-refractivity contribution in [2.24, 2.45) is 0 Å². The molecule has 2 aromatic carbocycles. The van der Waals surface area contributed by atoms with Crippen molar-refractivity contribution in [2.75, 3.05) is 12.4 Å². The Balaban J connectivity index is 1.79. The van der Waals surface area contributed by atoms with E-state index in [2.05, 4.69) is 11.1 Å². The largest absolute Gasteiger partial charge is 0.395 e. The number of benzene rings is 2. The predicted molar refractivity (Wildman–Crippen MR) is 134 cm³/mol. The number of imidazole rings is 1. The van der Waals surface area contributed by atoms with E-state index in [0.717, 1.165) is 5.69 Å². The van der Waals surface area contributed by atoms with Crippen LogP contribution in [0.2, 0.25) is 0 Å². The molecule has 6 nitrogen and oxygen atoms in total. The van der Waals surface area contributed by atoms with Crippen LogP contribution in [0.3, 0.4) is 0 Å². The quantitative estimate of drug-likeness (QED) is 0.447. The van der Waals surface area contributed by atoms with Crippen LogP contribution in [-0.4, -0.2) is 41.2 Å². The first-order valence-electron chi connectivity index (χ1n) is 10.8. The average molecular weight is 516 g/mol. The molecule has 1 aromatic heterocycles. The number of rotatable bonds is 6. The van der Waals surface area contributed by atoms with Crippen molar-refractivity contribution in [3.8, 4) is 6.07 Å². The fourth-order valence-electron chi connectivity index (χ4n) is 4.22. The van der Waals surface area contributed by atoms with E-state index in [4.69, 9.17) is 28.2 Å². The minimum absolute atomic E-state index is 0.0141. The molecule has 0 radical (unpaired) electrons. The number of aliphatic hydroxyl groups excluding tert-OH is 1. The van der Waals surface area contributed by atoms with Crippen molar-refractivity contribution >= 4 is 43.6 Å². The lowest BCUT2D eigenvalue weighted by molar-refractivity contribution is 0.277. The third-order valence-corrected chi connectivity index (χ3v) is 8.97. The second kappa shape index (κ2) is 9.55. The number of hydrogen-bond acceptors (Lipinski definition) is 5. The Bertz CT molecular complexity index is 1410.